The van der Waals surface area contributed by atoms with Crippen molar-refractivity contribution < 1.29 is 14.3 Å². The van der Waals surface area contributed by atoms with Crippen LogP contribution in [0, 0.1) is 12.8 Å². The Morgan fingerprint density at radius 1 is 1.25 bits per heavy atom. The molecular formula is C23H30ClN5O3. The van der Waals surface area contributed by atoms with Gasteiger partial charge >= 0.3 is 6.03 Å². The maximum absolute atomic E-state index is 13.3. The SMILES string of the molecule is COc1cccc(C[C@]2(C3CCN(Cc4c(C)nn(C)c4Cl)CC3)NC(=O)N(C)C2=O)c1. The van der Waals surface area contributed by atoms with Crippen molar-refractivity contribution in [2.45, 2.75) is 38.3 Å². The summed E-state index contributed by atoms with van der Waals surface area (Å²) in [4.78, 5) is 29.4. The Bertz CT molecular complexity index is 1030. The van der Waals surface area contributed by atoms with Crippen LogP contribution in [-0.2, 0) is 24.8 Å². The molecule has 2 fully saturated rings. The van der Waals surface area contributed by atoms with Crippen molar-refractivity contribution in [2.75, 3.05) is 27.2 Å². The number of halogens is 1. The van der Waals surface area contributed by atoms with E-state index in [0.29, 0.717) is 11.6 Å². The number of ether oxygens (including phenoxy) is 1. The highest BCUT2D eigenvalue weighted by molar-refractivity contribution is 6.30. The predicted molar refractivity (Wildman–Crippen MR) is 122 cm³/mol. The summed E-state index contributed by atoms with van der Waals surface area (Å²) in [5.74, 6) is 0.619. The molecule has 2 aliphatic heterocycles. The van der Waals surface area contributed by atoms with E-state index in [1.165, 1.54) is 4.90 Å². The van der Waals surface area contributed by atoms with E-state index >= 15 is 0 Å². The Morgan fingerprint density at radius 3 is 2.53 bits per heavy atom. The Hall–Kier alpha value is -2.58. The Morgan fingerprint density at radius 2 is 1.97 bits per heavy atom. The standard InChI is InChI=1S/C23H30ClN5O3/c1-15-19(20(24)28(3)26-15)14-29-10-8-17(9-11-29)23(21(30)27(2)22(31)25-23)13-16-6-5-7-18(12-16)32-4/h5-7,12,17H,8-11,13-14H2,1-4H3,(H,25,31)/t23-/m1/s1. The van der Waals surface area contributed by atoms with Crippen LogP contribution < -0.4 is 10.1 Å². The van der Waals surface area contributed by atoms with Gasteiger partial charge < -0.3 is 10.1 Å². The summed E-state index contributed by atoms with van der Waals surface area (Å²) in [7, 11) is 5.02. The van der Waals surface area contributed by atoms with Gasteiger partial charge in [-0.2, -0.15) is 5.10 Å². The van der Waals surface area contributed by atoms with Crippen LogP contribution >= 0.6 is 11.6 Å². The van der Waals surface area contributed by atoms with E-state index in [9.17, 15) is 9.59 Å². The molecule has 0 radical (unpaired) electrons. The average Bonchev–Trinajstić information content (AvgIpc) is 3.16. The summed E-state index contributed by atoms with van der Waals surface area (Å²) < 4.78 is 7.05. The first kappa shape index (κ1) is 22.6. The molecule has 1 atom stereocenters. The summed E-state index contributed by atoms with van der Waals surface area (Å²) in [5, 5.41) is 8.12. The highest BCUT2D eigenvalue weighted by atomic mass is 35.5. The normalized spacial score (nSPS) is 22.5. The number of aryl methyl sites for hydroxylation is 2. The van der Waals surface area contributed by atoms with Crippen LogP contribution in [0.1, 0.15) is 29.7 Å². The Labute approximate surface area is 193 Å². The van der Waals surface area contributed by atoms with Gasteiger partial charge in [-0.3, -0.25) is 19.3 Å². The van der Waals surface area contributed by atoms with E-state index in [1.54, 1.807) is 18.8 Å². The van der Waals surface area contributed by atoms with E-state index in [4.69, 9.17) is 16.3 Å². The molecule has 9 heteroatoms. The average molecular weight is 460 g/mol. The van der Waals surface area contributed by atoms with Crippen molar-refractivity contribution in [1.82, 2.24) is 24.9 Å². The van der Waals surface area contributed by atoms with Crippen LogP contribution in [0.3, 0.4) is 0 Å². The lowest BCUT2D eigenvalue weighted by molar-refractivity contribution is -0.133. The fraction of sp³-hybridized carbons (Fsp3) is 0.522. The first-order chi connectivity index (χ1) is 15.2. The molecule has 172 valence electrons. The van der Waals surface area contributed by atoms with Gasteiger partial charge in [0.25, 0.3) is 5.91 Å². The second-order valence-electron chi connectivity index (χ2n) is 8.82. The summed E-state index contributed by atoms with van der Waals surface area (Å²) in [6.45, 7) is 4.35. The number of nitrogens with one attached hydrogen (secondary N) is 1. The summed E-state index contributed by atoms with van der Waals surface area (Å²) >= 11 is 6.42. The number of urea groups is 1. The number of carbonyl (C=O) groups excluding carboxylic acids is 2. The molecule has 2 aliphatic rings. The maximum atomic E-state index is 13.3. The third-order valence-electron chi connectivity index (χ3n) is 6.87. The van der Waals surface area contributed by atoms with Gasteiger partial charge in [0.2, 0.25) is 0 Å². The van der Waals surface area contributed by atoms with Crippen LogP contribution in [0.4, 0.5) is 4.79 Å². The zero-order valence-corrected chi connectivity index (χ0v) is 19.8. The number of methoxy groups -OCH3 is 1. The van der Waals surface area contributed by atoms with E-state index in [2.05, 4.69) is 15.3 Å². The van der Waals surface area contributed by atoms with E-state index in [-0.39, 0.29) is 17.9 Å². The minimum Gasteiger partial charge on any atom is -0.497 e. The number of likely N-dealkylation sites (tertiary alicyclic amines) is 1. The van der Waals surface area contributed by atoms with Crippen molar-refractivity contribution in [3.05, 3.63) is 46.2 Å². The number of carbonyl (C=O) groups is 2. The molecule has 0 bridgehead atoms. The molecule has 32 heavy (non-hydrogen) atoms. The minimum atomic E-state index is -0.938. The van der Waals surface area contributed by atoms with Gasteiger partial charge in [-0.05, 0) is 56.5 Å². The van der Waals surface area contributed by atoms with Crippen molar-refractivity contribution in [1.29, 1.82) is 0 Å². The zero-order chi connectivity index (χ0) is 23.0. The number of benzene rings is 1. The molecule has 8 nitrogen and oxygen atoms in total. The van der Waals surface area contributed by atoms with Crippen molar-refractivity contribution in [2.24, 2.45) is 13.0 Å². The minimum absolute atomic E-state index is 0.0387. The number of piperidine rings is 1. The zero-order valence-electron chi connectivity index (χ0n) is 19.0. The summed E-state index contributed by atoms with van der Waals surface area (Å²) in [6.07, 6.45) is 2.05. The molecule has 0 saturated carbocycles. The van der Waals surface area contributed by atoms with E-state index < -0.39 is 5.54 Å². The monoisotopic (exact) mass is 459 g/mol. The molecule has 0 spiro atoms. The van der Waals surface area contributed by atoms with Crippen molar-refractivity contribution >= 4 is 23.5 Å². The lowest BCUT2D eigenvalue weighted by Gasteiger charge is -2.41. The highest BCUT2D eigenvalue weighted by Gasteiger charge is 2.54. The number of hydrogen-bond acceptors (Lipinski definition) is 5. The van der Waals surface area contributed by atoms with Gasteiger partial charge in [0.05, 0.1) is 12.8 Å². The summed E-state index contributed by atoms with van der Waals surface area (Å²) in [5.41, 5.74) is 2.01. The van der Waals surface area contributed by atoms with Gasteiger partial charge in [-0.1, -0.05) is 23.7 Å². The van der Waals surface area contributed by atoms with Gasteiger partial charge in [0.1, 0.15) is 16.4 Å². The molecule has 1 aromatic heterocycles. The molecular weight excluding hydrogens is 430 g/mol. The third-order valence-corrected chi connectivity index (χ3v) is 7.35. The first-order valence-corrected chi connectivity index (χ1v) is 11.3. The molecule has 3 amide bonds. The Balaban J connectivity index is 1.53. The number of rotatable bonds is 6. The van der Waals surface area contributed by atoms with E-state index in [1.807, 2.05) is 38.2 Å². The largest absolute Gasteiger partial charge is 0.497 e. The molecule has 4 rings (SSSR count). The van der Waals surface area contributed by atoms with Gasteiger partial charge in [-0.25, -0.2) is 4.79 Å². The number of amides is 3. The number of likely N-dealkylation sites (N-methyl/N-ethyl adjacent to an activating group) is 1. The topological polar surface area (TPSA) is 79.7 Å². The number of aromatic nitrogens is 2. The van der Waals surface area contributed by atoms with Gasteiger partial charge in [0, 0.05) is 32.6 Å². The third kappa shape index (κ3) is 3.97. The maximum Gasteiger partial charge on any atom is 0.324 e. The smallest absolute Gasteiger partial charge is 0.324 e. The second-order valence-corrected chi connectivity index (χ2v) is 9.18. The number of hydrogen-bond donors (Lipinski definition) is 1. The van der Waals surface area contributed by atoms with E-state index in [0.717, 1.165) is 55.0 Å². The molecule has 2 aromatic rings. The lowest BCUT2D eigenvalue weighted by atomic mass is 9.74. The first-order valence-electron chi connectivity index (χ1n) is 10.9. The lowest BCUT2D eigenvalue weighted by Crippen LogP contribution is -2.57. The fourth-order valence-corrected chi connectivity index (χ4v) is 5.26. The second kappa shape index (κ2) is 8.75. The van der Waals surface area contributed by atoms with Crippen molar-refractivity contribution in [3.8, 4) is 5.75 Å². The molecule has 3 heterocycles. The van der Waals surface area contributed by atoms with Gasteiger partial charge in [0.15, 0.2) is 0 Å². The van der Waals surface area contributed by atoms with Crippen LogP contribution in [0.2, 0.25) is 5.15 Å². The molecule has 2 saturated heterocycles. The fourth-order valence-electron chi connectivity index (χ4n) is 5.03. The molecule has 0 aliphatic carbocycles. The quantitative estimate of drug-likeness (QED) is 0.672. The van der Waals surface area contributed by atoms with Crippen LogP contribution in [-0.4, -0.2) is 64.3 Å². The van der Waals surface area contributed by atoms with Crippen LogP contribution in [0.15, 0.2) is 24.3 Å². The molecule has 0 unspecified atom stereocenters. The highest BCUT2D eigenvalue weighted by Crippen LogP contribution is 2.37. The van der Waals surface area contributed by atoms with Gasteiger partial charge in [-0.15, -0.1) is 0 Å². The Kier molecular flexibility index (Phi) is 6.18. The molecule has 1 N–H and O–H groups in total. The number of imide groups is 1. The number of nitrogens with zero attached hydrogens (tertiary/aromatic N) is 4. The predicted octanol–water partition coefficient (Wildman–Crippen LogP) is 2.77. The summed E-state index contributed by atoms with van der Waals surface area (Å²) in [6, 6.07) is 7.36. The van der Waals surface area contributed by atoms with Crippen molar-refractivity contribution in [3.63, 3.8) is 0 Å². The van der Waals surface area contributed by atoms with Crippen LogP contribution in [0.25, 0.3) is 0 Å². The van der Waals surface area contributed by atoms with Crippen LogP contribution in [0.5, 0.6) is 5.75 Å². The molecule has 1 aromatic carbocycles.